The fourth-order valence-electron chi connectivity index (χ4n) is 1.79. The number of carbonyl (C=O) groups is 1. The van der Waals surface area contributed by atoms with Crippen molar-refractivity contribution in [3.8, 4) is 0 Å². The normalized spacial score (nSPS) is 11.0. The highest BCUT2D eigenvalue weighted by Gasteiger charge is 2.15. The maximum Gasteiger partial charge on any atom is 0.270 e. The van der Waals surface area contributed by atoms with Crippen molar-refractivity contribution in [2.24, 2.45) is 0 Å². The van der Waals surface area contributed by atoms with Gasteiger partial charge in [-0.15, -0.1) is 0 Å². The maximum absolute atomic E-state index is 12.2. The minimum Gasteiger partial charge on any atom is -0.383 e. The molecule has 0 spiro atoms. The molecule has 0 bridgehead atoms. The summed E-state index contributed by atoms with van der Waals surface area (Å²) < 4.78 is 31.8. The number of anilines is 1. The lowest BCUT2D eigenvalue weighted by Gasteiger charge is -2.09. The van der Waals surface area contributed by atoms with Crippen LogP contribution in [-0.2, 0) is 14.8 Å². The molecule has 2 aromatic rings. The van der Waals surface area contributed by atoms with E-state index in [1.807, 2.05) is 0 Å². The zero-order valence-electron chi connectivity index (χ0n) is 12.5. The fraction of sp³-hybridized carbons (Fsp3) is 0.200. The second kappa shape index (κ2) is 7.70. The molecule has 0 saturated carbocycles. The first-order valence-corrected chi connectivity index (χ1v) is 8.32. The Hall–Kier alpha value is -2.45. The molecule has 0 unspecified atom stereocenters. The molecule has 8 heteroatoms. The molecule has 1 aromatic carbocycles. The van der Waals surface area contributed by atoms with E-state index in [2.05, 4.69) is 15.0 Å². The van der Waals surface area contributed by atoms with Crippen molar-refractivity contribution in [3.05, 3.63) is 54.4 Å². The van der Waals surface area contributed by atoms with Gasteiger partial charge in [0.1, 0.15) is 5.69 Å². The van der Waals surface area contributed by atoms with Crippen molar-refractivity contribution in [3.63, 3.8) is 0 Å². The van der Waals surface area contributed by atoms with Gasteiger partial charge in [0, 0.05) is 19.9 Å². The predicted octanol–water partition coefficient (Wildman–Crippen LogP) is 1.26. The summed E-state index contributed by atoms with van der Waals surface area (Å²) in [7, 11) is -2.18. The molecule has 0 aliphatic carbocycles. The highest BCUT2D eigenvalue weighted by Crippen LogP contribution is 2.15. The van der Waals surface area contributed by atoms with Gasteiger partial charge >= 0.3 is 0 Å². The molecular weight excluding hydrogens is 318 g/mol. The van der Waals surface area contributed by atoms with Crippen LogP contribution in [0.5, 0.6) is 0 Å². The lowest BCUT2D eigenvalue weighted by molar-refractivity contribution is 0.0932. The average molecular weight is 335 g/mol. The molecule has 0 aliphatic rings. The number of ether oxygens (including phenoxy) is 1. The van der Waals surface area contributed by atoms with E-state index in [-0.39, 0.29) is 16.3 Å². The zero-order chi connectivity index (χ0) is 16.7. The number of aromatic nitrogens is 1. The molecule has 0 saturated heterocycles. The van der Waals surface area contributed by atoms with Crippen LogP contribution in [0.1, 0.15) is 10.5 Å². The van der Waals surface area contributed by atoms with Crippen LogP contribution in [0.3, 0.4) is 0 Å². The Bertz CT molecular complexity index is 763. The van der Waals surface area contributed by atoms with E-state index in [1.54, 1.807) is 18.2 Å². The molecule has 1 heterocycles. The smallest absolute Gasteiger partial charge is 0.270 e. The second-order valence-electron chi connectivity index (χ2n) is 4.60. The standard InChI is InChI=1S/C15H17N3O4S/c1-22-10-9-17-15(19)14-11-12(7-8-16-14)18-23(20,21)13-5-3-2-4-6-13/h2-8,11H,9-10H2,1H3,(H,16,18)(H,17,19). The first-order valence-electron chi connectivity index (χ1n) is 6.84. The first-order chi connectivity index (χ1) is 11.0. The Morgan fingerprint density at radius 1 is 1.22 bits per heavy atom. The van der Waals surface area contributed by atoms with E-state index in [4.69, 9.17) is 4.74 Å². The maximum atomic E-state index is 12.2. The van der Waals surface area contributed by atoms with Gasteiger partial charge in [0.25, 0.3) is 15.9 Å². The Kier molecular flexibility index (Phi) is 5.67. The number of hydrogen-bond acceptors (Lipinski definition) is 5. The summed E-state index contributed by atoms with van der Waals surface area (Å²) in [6.07, 6.45) is 1.37. The molecule has 0 fully saturated rings. The average Bonchev–Trinajstić information content (AvgIpc) is 2.55. The summed E-state index contributed by atoms with van der Waals surface area (Å²) >= 11 is 0. The van der Waals surface area contributed by atoms with Crippen molar-refractivity contribution in [2.75, 3.05) is 25.0 Å². The summed E-state index contributed by atoms with van der Waals surface area (Å²) in [5.41, 5.74) is 0.384. The zero-order valence-corrected chi connectivity index (χ0v) is 13.3. The molecular formula is C15H17N3O4S. The van der Waals surface area contributed by atoms with Gasteiger partial charge in [0.15, 0.2) is 0 Å². The van der Waals surface area contributed by atoms with Gasteiger partial charge < -0.3 is 10.1 Å². The van der Waals surface area contributed by atoms with Crippen molar-refractivity contribution < 1.29 is 17.9 Å². The third-order valence-electron chi connectivity index (χ3n) is 2.89. The number of sulfonamides is 1. The number of nitrogens with zero attached hydrogens (tertiary/aromatic N) is 1. The molecule has 0 atom stereocenters. The van der Waals surface area contributed by atoms with Crippen LogP contribution in [0, 0.1) is 0 Å². The van der Waals surface area contributed by atoms with E-state index in [1.165, 1.54) is 37.6 Å². The highest BCUT2D eigenvalue weighted by atomic mass is 32.2. The summed E-state index contributed by atoms with van der Waals surface area (Å²) in [6, 6.07) is 10.8. The quantitative estimate of drug-likeness (QED) is 0.743. The van der Waals surface area contributed by atoms with Crippen LogP contribution in [0.15, 0.2) is 53.6 Å². The second-order valence-corrected chi connectivity index (χ2v) is 6.28. The van der Waals surface area contributed by atoms with Gasteiger partial charge in [0.05, 0.1) is 17.2 Å². The molecule has 2 rings (SSSR count). The number of amides is 1. The third-order valence-corrected chi connectivity index (χ3v) is 4.29. The van der Waals surface area contributed by atoms with Crippen LogP contribution in [0.2, 0.25) is 0 Å². The number of nitrogens with one attached hydrogen (secondary N) is 2. The molecule has 0 radical (unpaired) electrons. The number of methoxy groups -OCH3 is 1. The van der Waals surface area contributed by atoms with Gasteiger partial charge in [-0.1, -0.05) is 18.2 Å². The molecule has 1 amide bonds. The van der Waals surface area contributed by atoms with Crippen molar-refractivity contribution in [2.45, 2.75) is 4.90 Å². The largest absolute Gasteiger partial charge is 0.383 e. The SMILES string of the molecule is COCCNC(=O)c1cc(NS(=O)(=O)c2ccccc2)ccn1. The van der Waals surface area contributed by atoms with Crippen LogP contribution < -0.4 is 10.0 Å². The van der Waals surface area contributed by atoms with Crippen LogP contribution in [-0.4, -0.2) is 39.6 Å². The van der Waals surface area contributed by atoms with Gasteiger partial charge in [-0.25, -0.2) is 8.42 Å². The minimum absolute atomic E-state index is 0.120. The fourth-order valence-corrected chi connectivity index (χ4v) is 2.86. The number of pyridine rings is 1. The van der Waals surface area contributed by atoms with E-state index in [0.717, 1.165) is 0 Å². The van der Waals surface area contributed by atoms with Gasteiger partial charge in [-0.05, 0) is 24.3 Å². The Balaban J connectivity index is 2.12. The molecule has 122 valence electrons. The van der Waals surface area contributed by atoms with Crippen LogP contribution >= 0.6 is 0 Å². The molecule has 23 heavy (non-hydrogen) atoms. The van der Waals surface area contributed by atoms with Gasteiger partial charge in [0.2, 0.25) is 0 Å². The molecule has 0 aliphatic heterocycles. The van der Waals surface area contributed by atoms with Gasteiger partial charge in [-0.3, -0.25) is 14.5 Å². The third kappa shape index (κ3) is 4.76. The summed E-state index contributed by atoms with van der Waals surface area (Å²) in [5, 5.41) is 2.62. The number of hydrogen-bond donors (Lipinski definition) is 2. The van der Waals surface area contributed by atoms with Crippen LogP contribution in [0.4, 0.5) is 5.69 Å². The summed E-state index contributed by atoms with van der Waals surface area (Å²) in [5.74, 6) is -0.400. The Morgan fingerprint density at radius 3 is 2.65 bits per heavy atom. The lowest BCUT2D eigenvalue weighted by Crippen LogP contribution is -2.27. The Labute approximate surface area is 134 Å². The Morgan fingerprint density at radius 2 is 1.96 bits per heavy atom. The summed E-state index contributed by atoms with van der Waals surface area (Å²) in [6.45, 7) is 0.725. The molecule has 2 N–H and O–H groups in total. The van der Waals surface area contributed by atoms with E-state index in [9.17, 15) is 13.2 Å². The molecule has 7 nitrogen and oxygen atoms in total. The van der Waals surface area contributed by atoms with Gasteiger partial charge in [-0.2, -0.15) is 0 Å². The minimum atomic E-state index is -3.71. The van der Waals surface area contributed by atoms with E-state index >= 15 is 0 Å². The number of carbonyl (C=O) groups excluding carboxylic acids is 1. The van der Waals surface area contributed by atoms with Crippen molar-refractivity contribution in [1.82, 2.24) is 10.3 Å². The van der Waals surface area contributed by atoms with E-state index < -0.39 is 15.9 Å². The van der Waals surface area contributed by atoms with E-state index in [0.29, 0.717) is 13.2 Å². The first kappa shape index (κ1) is 16.9. The number of rotatable bonds is 7. The highest BCUT2D eigenvalue weighted by molar-refractivity contribution is 7.92. The number of benzene rings is 1. The summed E-state index contributed by atoms with van der Waals surface area (Å²) in [4.78, 5) is 16.0. The topological polar surface area (TPSA) is 97.4 Å². The predicted molar refractivity (Wildman–Crippen MR) is 85.7 cm³/mol. The van der Waals surface area contributed by atoms with Crippen LogP contribution in [0.25, 0.3) is 0 Å². The monoisotopic (exact) mass is 335 g/mol. The molecule has 1 aromatic heterocycles. The lowest BCUT2D eigenvalue weighted by atomic mass is 10.3. The van der Waals surface area contributed by atoms with Crippen molar-refractivity contribution >= 4 is 21.6 Å². The van der Waals surface area contributed by atoms with Crippen molar-refractivity contribution in [1.29, 1.82) is 0 Å².